The van der Waals surface area contributed by atoms with Crippen LogP contribution in [-0.2, 0) is 0 Å². The summed E-state index contributed by atoms with van der Waals surface area (Å²) >= 11 is 0. The zero-order valence-electron chi connectivity index (χ0n) is 18.7. The second-order valence-electron chi connectivity index (χ2n) is 6.98. The van der Waals surface area contributed by atoms with Gasteiger partial charge in [0, 0.05) is 38.2 Å². The van der Waals surface area contributed by atoms with E-state index in [-0.39, 0.29) is 0 Å². The molecule has 2 N–H and O–H groups in total. The summed E-state index contributed by atoms with van der Waals surface area (Å²) in [6, 6.07) is 13.0. The summed E-state index contributed by atoms with van der Waals surface area (Å²) in [5.74, 6) is 0. The predicted molar refractivity (Wildman–Crippen MR) is 143 cm³/mol. The Hall–Kier alpha value is -3.78. The average Bonchev–Trinajstić information content (AvgIpc) is 3.38. The van der Waals surface area contributed by atoms with Gasteiger partial charge < -0.3 is 9.97 Å². The Bertz CT molecular complexity index is 1440. The van der Waals surface area contributed by atoms with Gasteiger partial charge in [-0.1, -0.05) is 82.1 Å². The largest absolute Gasteiger partial charge is 0.354 e. The number of hydrogen-bond acceptors (Lipinski definition) is 0. The number of rotatable bonds is 3. The molecule has 0 saturated carbocycles. The van der Waals surface area contributed by atoms with Gasteiger partial charge in [0.1, 0.15) is 0 Å². The number of H-pyrrole nitrogens is 2. The highest BCUT2D eigenvalue weighted by molar-refractivity contribution is 6.25. The number of hydrogen-bond donors (Lipinski definition) is 2. The summed E-state index contributed by atoms with van der Waals surface area (Å²) in [6.07, 6.45) is 5.71. The van der Waals surface area contributed by atoms with E-state index in [1.165, 1.54) is 27.1 Å². The molecule has 0 atom stereocenters. The smallest absolute Gasteiger partial charge is 0.0566 e. The van der Waals surface area contributed by atoms with Crippen LogP contribution in [0.4, 0.5) is 0 Å². The van der Waals surface area contributed by atoms with Crippen molar-refractivity contribution in [2.75, 3.05) is 0 Å². The molecule has 0 fully saturated rings. The van der Waals surface area contributed by atoms with Gasteiger partial charge in [0.15, 0.2) is 0 Å². The lowest BCUT2D eigenvalue weighted by molar-refractivity contribution is 1.45. The van der Waals surface area contributed by atoms with E-state index in [0.29, 0.717) is 0 Å². The molecule has 156 valence electrons. The molecule has 0 saturated heterocycles. The predicted octanol–water partition coefficient (Wildman–Crippen LogP) is 9.02. The Morgan fingerprint density at radius 1 is 0.645 bits per heavy atom. The molecule has 0 spiro atoms. The zero-order valence-corrected chi connectivity index (χ0v) is 18.7. The van der Waals surface area contributed by atoms with Crippen LogP contribution in [0.5, 0.6) is 0 Å². The summed E-state index contributed by atoms with van der Waals surface area (Å²) < 4.78 is 0. The average molecular weight is 407 g/mol. The van der Waals surface area contributed by atoms with Crippen LogP contribution in [0.3, 0.4) is 0 Å². The number of aryl methyl sites for hydroxylation is 1. The molecule has 2 heteroatoms. The fourth-order valence-corrected chi connectivity index (χ4v) is 4.32. The van der Waals surface area contributed by atoms with Crippen molar-refractivity contribution in [1.82, 2.24) is 9.97 Å². The summed E-state index contributed by atoms with van der Waals surface area (Å²) in [7, 11) is 0. The second kappa shape index (κ2) is 8.93. The quantitative estimate of drug-likeness (QED) is 0.280. The lowest BCUT2D eigenvalue weighted by Gasteiger charge is -2.02. The first kappa shape index (κ1) is 21.9. The van der Waals surface area contributed by atoms with Gasteiger partial charge in [-0.2, -0.15) is 0 Å². The summed E-state index contributed by atoms with van der Waals surface area (Å²) in [6.45, 7) is 24.1. The maximum Gasteiger partial charge on any atom is 0.0566 e. The molecule has 31 heavy (non-hydrogen) atoms. The van der Waals surface area contributed by atoms with E-state index in [9.17, 15) is 0 Å². The topological polar surface area (TPSA) is 31.6 Å². The summed E-state index contributed by atoms with van der Waals surface area (Å²) in [4.78, 5) is 7.28. The van der Waals surface area contributed by atoms with E-state index in [1.807, 2.05) is 32.1 Å². The van der Waals surface area contributed by atoms with Crippen molar-refractivity contribution in [2.45, 2.75) is 20.8 Å². The van der Waals surface area contributed by atoms with Crippen LogP contribution >= 0.6 is 0 Å². The van der Waals surface area contributed by atoms with Crippen molar-refractivity contribution >= 4 is 61.8 Å². The van der Waals surface area contributed by atoms with Gasteiger partial charge in [-0.3, -0.25) is 0 Å². The monoisotopic (exact) mass is 406 g/mol. The Balaban J connectivity index is 0.000000645. The Morgan fingerprint density at radius 3 is 1.87 bits per heavy atom. The van der Waals surface area contributed by atoms with Crippen LogP contribution in [0.2, 0.25) is 0 Å². The van der Waals surface area contributed by atoms with Crippen molar-refractivity contribution in [3.8, 4) is 0 Å². The first-order valence-electron chi connectivity index (χ1n) is 10.6. The van der Waals surface area contributed by atoms with Gasteiger partial charge in [0.05, 0.1) is 16.6 Å². The van der Waals surface area contributed by atoms with Gasteiger partial charge in [-0.05, 0) is 24.1 Å². The van der Waals surface area contributed by atoms with Gasteiger partial charge in [0.25, 0.3) is 0 Å². The zero-order chi connectivity index (χ0) is 22.7. The molecule has 2 aromatic heterocycles. The molecule has 0 unspecified atom stereocenters. The van der Waals surface area contributed by atoms with Crippen molar-refractivity contribution in [3.05, 3.63) is 91.5 Å². The lowest BCUT2D eigenvalue weighted by Crippen LogP contribution is -1.82. The lowest BCUT2D eigenvalue weighted by atomic mass is 10.0. The van der Waals surface area contributed by atoms with Crippen molar-refractivity contribution in [2.24, 2.45) is 0 Å². The Morgan fingerprint density at radius 2 is 1.23 bits per heavy atom. The van der Waals surface area contributed by atoms with E-state index in [4.69, 9.17) is 0 Å². The minimum atomic E-state index is 1.09. The first-order chi connectivity index (χ1) is 15.2. The SMILES string of the molecule is C=C.C=Cc1ccc2c([nH]c3c2ccc2[nH]c4c(C=C)c(C)ccc4c23)c1C=C.CC. The fraction of sp³-hybridized carbons (Fsp3) is 0.103. The van der Waals surface area contributed by atoms with Crippen molar-refractivity contribution in [1.29, 1.82) is 0 Å². The third kappa shape index (κ3) is 3.21. The van der Waals surface area contributed by atoms with E-state index in [1.54, 1.807) is 0 Å². The molecule has 0 amide bonds. The summed E-state index contributed by atoms with van der Waals surface area (Å²) in [5, 5.41) is 4.86. The van der Waals surface area contributed by atoms with Crippen LogP contribution in [0.25, 0.3) is 61.8 Å². The summed E-state index contributed by atoms with van der Waals surface area (Å²) in [5.41, 5.74) is 9.09. The normalized spacial score (nSPS) is 10.4. The highest BCUT2D eigenvalue weighted by Gasteiger charge is 2.16. The Kier molecular flexibility index (Phi) is 6.31. The Labute approximate surface area is 184 Å². The highest BCUT2D eigenvalue weighted by Crippen LogP contribution is 2.38. The molecule has 0 aliphatic heterocycles. The molecule has 2 nitrogen and oxygen atoms in total. The van der Waals surface area contributed by atoms with Crippen molar-refractivity contribution < 1.29 is 0 Å². The number of aromatic nitrogens is 2. The molecule has 0 bridgehead atoms. The maximum atomic E-state index is 4.01. The van der Waals surface area contributed by atoms with E-state index in [2.05, 4.69) is 86.2 Å². The van der Waals surface area contributed by atoms with Gasteiger partial charge in [-0.15, -0.1) is 13.2 Å². The molecule has 2 heterocycles. The number of aromatic amines is 2. The number of benzene rings is 3. The van der Waals surface area contributed by atoms with Gasteiger partial charge in [-0.25, -0.2) is 0 Å². The minimum Gasteiger partial charge on any atom is -0.354 e. The van der Waals surface area contributed by atoms with Crippen LogP contribution in [0, 0.1) is 6.92 Å². The molecule has 0 aliphatic rings. The van der Waals surface area contributed by atoms with Crippen LogP contribution < -0.4 is 0 Å². The maximum absolute atomic E-state index is 4.01. The van der Waals surface area contributed by atoms with Crippen molar-refractivity contribution in [3.63, 3.8) is 0 Å². The first-order valence-corrected chi connectivity index (χ1v) is 10.6. The third-order valence-electron chi connectivity index (χ3n) is 5.65. The fourth-order valence-electron chi connectivity index (χ4n) is 4.32. The van der Waals surface area contributed by atoms with Crippen LogP contribution in [0.15, 0.2) is 69.3 Å². The molecule has 0 radical (unpaired) electrons. The number of fused-ring (bicyclic) bond motifs is 7. The van der Waals surface area contributed by atoms with E-state index in [0.717, 1.165) is 38.8 Å². The number of nitrogens with one attached hydrogen (secondary N) is 2. The standard InChI is InChI=1S/C25H20N2.C2H6.C2H4/c1-5-15-9-11-18-19-12-13-21-22(25(19)27-24(18)17(15)7-3)20-10-8-14(4)16(6-2)23(20)26-21;2*1-2/h5-13,26-27H,1-3H2,4H3;1-2H3;1-2H2. The molecule has 3 aromatic carbocycles. The van der Waals surface area contributed by atoms with Gasteiger partial charge in [0.2, 0.25) is 0 Å². The van der Waals surface area contributed by atoms with Gasteiger partial charge >= 0.3 is 0 Å². The second-order valence-corrected chi connectivity index (χ2v) is 6.98. The molecular weight excluding hydrogens is 376 g/mol. The van der Waals surface area contributed by atoms with E-state index < -0.39 is 0 Å². The van der Waals surface area contributed by atoms with Crippen LogP contribution in [0.1, 0.15) is 36.1 Å². The molecule has 5 rings (SSSR count). The molecular formula is C29H30N2. The third-order valence-corrected chi connectivity index (χ3v) is 5.65. The van der Waals surface area contributed by atoms with E-state index >= 15 is 0 Å². The van der Waals surface area contributed by atoms with Crippen LogP contribution in [-0.4, -0.2) is 9.97 Å². The molecule has 5 aromatic rings. The molecule has 0 aliphatic carbocycles. The highest BCUT2D eigenvalue weighted by atomic mass is 14.7. The minimum absolute atomic E-state index is 1.09.